The smallest absolute Gasteiger partial charge is 0.349 e. The Morgan fingerprint density at radius 1 is 1.04 bits per heavy atom. The minimum Gasteiger partial charge on any atom is -0.469 e. The molecular formula is C33H50N4O6Si2. The Kier molecular flexibility index (Phi) is 8.76. The van der Waals surface area contributed by atoms with Crippen molar-refractivity contribution >= 4 is 34.0 Å². The predicted octanol–water partition coefficient (Wildman–Crippen LogP) is 6.95. The van der Waals surface area contributed by atoms with Gasteiger partial charge in [-0.1, -0.05) is 80.5 Å². The number of imidazole rings is 1. The topological polar surface area (TPSA) is 107 Å². The Balaban J connectivity index is 1.59. The molecule has 3 aromatic rings. The number of nitrogens with zero attached hydrogens (tertiary/aromatic N) is 4. The van der Waals surface area contributed by atoms with Crippen LogP contribution in [0.2, 0.25) is 28.2 Å². The molecule has 0 aliphatic carbocycles. The van der Waals surface area contributed by atoms with Gasteiger partial charge < -0.3 is 22.8 Å². The highest BCUT2D eigenvalue weighted by molar-refractivity contribution is 6.74. The monoisotopic (exact) mass is 654 g/mol. The van der Waals surface area contributed by atoms with Crippen molar-refractivity contribution < 1.29 is 27.5 Å². The Morgan fingerprint density at radius 2 is 1.73 bits per heavy atom. The maximum absolute atomic E-state index is 11.9. The molecule has 0 amide bonds. The lowest BCUT2D eigenvalue weighted by Gasteiger charge is -2.54. The standard InChI is InChI=1S/C33H50N4O6Si2/c1-31(2,3)44(11,12)42-28-27-23(18-40-45(43-27,32(4,5)6)33(7,8)9)41-30(28)37-20-36-26-25(34-19-35-29(26)37)22-15-13-14-21(16-22)17-24(38)39-10/h13-16,19-20,23,27-28,30H,17-18H2,1-12H3/t23-,27-,28-,30-/m1/s1. The zero-order chi connectivity index (χ0) is 33.2. The summed E-state index contributed by atoms with van der Waals surface area (Å²) in [6.45, 7) is 25.1. The SMILES string of the molecule is COC(=O)Cc1cccc(-c2ncnc3c2ncn3[C@@H]2O[C@@H]3CO[Si](C(C)(C)C)(C(C)(C)C)O[C@H]3[C@H]2O[Si](C)(C)C(C)(C)C)c1. The number of benzene rings is 1. The molecule has 2 fully saturated rings. The van der Waals surface area contributed by atoms with Gasteiger partial charge in [-0.05, 0) is 29.8 Å². The van der Waals surface area contributed by atoms with Crippen LogP contribution in [-0.4, -0.2) is 74.4 Å². The van der Waals surface area contributed by atoms with Crippen molar-refractivity contribution in [2.75, 3.05) is 13.7 Å². The van der Waals surface area contributed by atoms with E-state index in [4.69, 9.17) is 27.7 Å². The summed E-state index contributed by atoms with van der Waals surface area (Å²) in [6.07, 6.45) is 1.96. The van der Waals surface area contributed by atoms with Gasteiger partial charge in [0, 0.05) is 15.6 Å². The summed E-state index contributed by atoms with van der Waals surface area (Å²) >= 11 is 0. The summed E-state index contributed by atoms with van der Waals surface area (Å²) in [6, 6.07) is 7.70. The van der Waals surface area contributed by atoms with Crippen molar-refractivity contribution in [2.24, 2.45) is 0 Å². The quantitative estimate of drug-likeness (QED) is 0.206. The van der Waals surface area contributed by atoms with Crippen LogP contribution >= 0.6 is 0 Å². The van der Waals surface area contributed by atoms with Crippen LogP contribution in [0.4, 0.5) is 0 Å². The molecule has 1 aromatic carbocycles. The number of fused-ring (bicyclic) bond motifs is 2. The zero-order valence-electron chi connectivity index (χ0n) is 28.9. The zero-order valence-corrected chi connectivity index (χ0v) is 30.9. The van der Waals surface area contributed by atoms with Crippen LogP contribution in [0.1, 0.15) is 74.1 Å². The van der Waals surface area contributed by atoms with Gasteiger partial charge in [-0.15, -0.1) is 0 Å². The van der Waals surface area contributed by atoms with Crippen LogP contribution < -0.4 is 0 Å². The number of hydrogen-bond donors (Lipinski definition) is 0. The highest BCUT2D eigenvalue weighted by atomic mass is 28.4. The first-order chi connectivity index (χ1) is 20.8. The molecule has 0 N–H and O–H groups in total. The van der Waals surface area contributed by atoms with E-state index in [1.54, 1.807) is 12.7 Å². The van der Waals surface area contributed by atoms with Crippen molar-refractivity contribution in [3.63, 3.8) is 0 Å². The fourth-order valence-corrected chi connectivity index (χ4v) is 12.7. The Bertz CT molecular complexity index is 1540. The van der Waals surface area contributed by atoms with Crippen LogP contribution in [0.3, 0.4) is 0 Å². The molecule has 4 atom stereocenters. The molecule has 45 heavy (non-hydrogen) atoms. The van der Waals surface area contributed by atoms with Gasteiger partial charge in [0.1, 0.15) is 35.8 Å². The normalized spacial score (nSPS) is 24.1. The second-order valence-electron chi connectivity index (χ2n) is 15.9. The number of aromatic nitrogens is 4. The Morgan fingerprint density at radius 3 is 2.36 bits per heavy atom. The summed E-state index contributed by atoms with van der Waals surface area (Å²) in [7, 11) is -3.70. The number of esters is 1. The molecule has 0 spiro atoms. The first-order valence-corrected chi connectivity index (χ1v) is 20.5. The lowest BCUT2D eigenvalue weighted by molar-refractivity contribution is -0.139. The first-order valence-electron chi connectivity index (χ1n) is 15.8. The lowest BCUT2D eigenvalue weighted by atomic mass is 10.1. The number of hydrogen-bond acceptors (Lipinski definition) is 9. The fraction of sp³-hybridized carbons (Fsp3) is 0.636. The fourth-order valence-electron chi connectivity index (χ4n) is 6.50. The molecule has 2 aromatic heterocycles. The molecule has 246 valence electrons. The van der Waals surface area contributed by atoms with Crippen LogP contribution in [0, 0.1) is 0 Å². The molecule has 5 rings (SSSR count). The number of carbonyl (C=O) groups is 1. The van der Waals surface area contributed by atoms with Gasteiger partial charge in [0.2, 0.25) is 0 Å². The third-order valence-electron chi connectivity index (χ3n) is 9.66. The molecule has 0 bridgehead atoms. The number of methoxy groups -OCH3 is 1. The van der Waals surface area contributed by atoms with E-state index in [0.29, 0.717) is 23.5 Å². The van der Waals surface area contributed by atoms with Gasteiger partial charge in [-0.25, -0.2) is 15.0 Å². The molecule has 2 aliphatic rings. The molecule has 10 nitrogen and oxygen atoms in total. The van der Waals surface area contributed by atoms with Crippen molar-refractivity contribution in [1.82, 2.24) is 19.5 Å². The van der Waals surface area contributed by atoms with E-state index in [1.807, 2.05) is 28.8 Å². The molecule has 0 unspecified atom stereocenters. The van der Waals surface area contributed by atoms with Crippen molar-refractivity contribution in [1.29, 1.82) is 0 Å². The van der Waals surface area contributed by atoms with Gasteiger partial charge in [-0.3, -0.25) is 9.36 Å². The van der Waals surface area contributed by atoms with Crippen molar-refractivity contribution in [3.8, 4) is 11.3 Å². The molecule has 0 saturated carbocycles. The largest absolute Gasteiger partial charge is 0.469 e. The second-order valence-corrected chi connectivity index (χ2v) is 25.4. The molecule has 4 heterocycles. The van der Waals surface area contributed by atoms with Crippen LogP contribution in [-0.2, 0) is 34.0 Å². The van der Waals surface area contributed by atoms with Crippen LogP contribution in [0.15, 0.2) is 36.9 Å². The molecule has 2 saturated heterocycles. The predicted molar refractivity (Wildman–Crippen MR) is 178 cm³/mol. The summed E-state index contributed by atoms with van der Waals surface area (Å²) in [5.41, 5.74) is 3.63. The molecule has 2 aliphatic heterocycles. The average molecular weight is 655 g/mol. The number of rotatable bonds is 6. The van der Waals surface area contributed by atoms with Gasteiger partial charge in [0.15, 0.2) is 20.2 Å². The molecule has 0 radical (unpaired) electrons. The maximum atomic E-state index is 11.9. The van der Waals surface area contributed by atoms with E-state index in [1.165, 1.54) is 7.11 Å². The van der Waals surface area contributed by atoms with Crippen LogP contribution in [0.5, 0.6) is 0 Å². The van der Waals surface area contributed by atoms with E-state index >= 15 is 0 Å². The van der Waals surface area contributed by atoms with Crippen molar-refractivity contribution in [3.05, 3.63) is 42.5 Å². The van der Waals surface area contributed by atoms with Crippen molar-refractivity contribution in [2.45, 2.75) is 121 Å². The van der Waals surface area contributed by atoms with E-state index in [-0.39, 0.29) is 39.7 Å². The van der Waals surface area contributed by atoms with E-state index in [9.17, 15) is 4.79 Å². The Hall–Kier alpha value is -2.49. The summed E-state index contributed by atoms with van der Waals surface area (Å²) in [5.74, 6) is -0.298. The summed E-state index contributed by atoms with van der Waals surface area (Å²) in [4.78, 5) is 26.0. The van der Waals surface area contributed by atoms with Gasteiger partial charge >= 0.3 is 14.5 Å². The van der Waals surface area contributed by atoms with Crippen LogP contribution in [0.25, 0.3) is 22.4 Å². The number of ether oxygens (including phenoxy) is 2. The third-order valence-corrected chi connectivity index (χ3v) is 19.3. The minimum absolute atomic E-state index is 0.0229. The van der Waals surface area contributed by atoms with E-state index < -0.39 is 29.2 Å². The molecular weight excluding hydrogens is 605 g/mol. The maximum Gasteiger partial charge on any atom is 0.349 e. The first kappa shape index (κ1) is 33.9. The van der Waals surface area contributed by atoms with Gasteiger partial charge in [-0.2, -0.15) is 0 Å². The Labute approximate surface area is 269 Å². The highest BCUT2D eigenvalue weighted by Crippen LogP contribution is 2.56. The van der Waals surface area contributed by atoms with E-state index in [2.05, 4.69) is 85.4 Å². The molecule has 12 heteroatoms. The summed E-state index contributed by atoms with van der Waals surface area (Å²) in [5, 5.41) is -0.380. The second kappa shape index (κ2) is 11.6. The van der Waals surface area contributed by atoms with Gasteiger partial charge in [0.05, 0.1) is 26.5 Å². The third kappa shape index (κ3) is 6.05. The average Bonchev–Trinajstić information content (AvgIpc) is 3.52. The minimum atomic E-state index is -2.80. The number of carbonyl (C=O) groups excluding carboxylic acids is 1. The highest BCUT2D eigenvalue weighted by Gasteiger charge is 2.66. The summed E-state index contributed by atoms with van der Waals surface area (Å²) < 4.78 is 34.9. The lowest BCUT2D eigenvalue weighted by Crippen LogP contribution is -2.66. The van der Waals surface area contributed by atoms with E-state index in [0.717, 1.165) is 11.1 Å². The van der Waals surface area contributed by atoms with Gasteiger partial charge in [0.25, 0.3) is 0 Å².